The molecule has 76 valence electrons. The van der Waals surface area contributed by atoms with Crippen molar-refractivity contribution in [2.24, 2.45) is 0 Å². The van der Waals surface area contributed by atoms with Crippen LogP contribution in [-0.4, -0.2) is 24.4 Å². The van der Waals surface area contributed by atoms with Crippen LogP contribution in [-0.2, 0) is 0 Å². The van der Waals surface area contributed by atoms with E-state index in [9.17, 15) is 0 Å². The molecule has 0 amide bonds. The Balaban J connectivity index is 2.15. The third-order valence-electron chi connectivity index (χ3n) is 2.22. The zero-order valence-corrected chi connectivity index (χ0v) is 8.42. The van der Waals surface area contributed by atoms with Gasteiger partial charge in [0.15, 0.2) is 0 Å². The Bertz CT molecular complexity index is 330. The second kappa shape index (κ2) is 4.07. The standard InChI is InChI=1S/C10H12ClNO2/c11-7-1-2-9-10(5-7)14-6-8(12-9)3-4-13/h1-2,5,8,12-13H,3-4,6H2. The topological polar surface area (TPSA) is 41.5 Å². The van der Waals surface area contributed by atoms with Crippen molar-refractivity contribution >= 4 is 17.3 Å². The molecule has 0 saturated carbocycles. The van der Waals surface area contributed by atoms with E-state index in [1.165, 1.54) is 0 Å². The highest BCUT2D eigenvalue weighted by atomic mass is 35.5. The monoisotopic (exact) mass is 213 g/mol. The van der Waals surface area contributed by atoms with Gasteiger partial charge >= 0.3 is 0 Å². The quantitative estimate of drug-likeness (QED) is 0.789. The van der Waals surface area contributed by atoms with Crippen LogP contribution >= 0.6 is 11.6 Å². The Kier molecular flexibility index (Phi) is 2.79. The maximum absolute atomic E-state index is 8.79. The molecule has 1 atom stereocenters. The lowest BCUT2D eigenvalue weighted by Crippen LogP contribution is -2.32. The molecule has 2 rings (SSSR count). The summed E-state index contributed by atoms with van der Waals surface area (Å²) < 4.78 is 5.51. The maximum Gasteiger partial charge on any atom is 0.143 e. The van der Waals surface area contributed by atoms with Crippen LogP contribution in [0.1, 0.15) is 6.42 Å². The number of hydrogen-bond acceptors (Lipinski definition) is 3. The summed E-state index contributed by atoms with van der Waals surface area (Å²) in [7, 11) is 0. The van der Waals surface area contributed by atoms with E-state index in [2.05, 4.69) is 5.32 Å². The van der Waals surface area contributed by atoms with Crippen molar-refractivity contribution < 1.29 is 9.84 Å². The summed E-state index contributed by atoms with van der Waals surface area (Å²) >= 11 is 5.83. The molecule has 0 fully saturated rings. The van der Waals surface area contributed by atoms with E-state index in [1.807, 2.05) is 12.1 Å². The van der Waals surface area contributed by atoms with Gasteiger partial charge in [-0.25, -0.2) is 0 Å². The molecule has 1 aromatic rings. The van der Waals surface area contributed by atoms with Crippen LogP contribution in [0.15, 0.2) is 18.2 Å². The van der Waals surface area contributed by atoms with Crippen molar-refractivity contribution in [3.8, 4) is 5.75 Å². The molecule has 1 aliphatic heterocycles. The highest BCUT2D eigenvalue weighted by molar-refractivity contribution is 6.30. The van der Waals surface area contributed by atoms with Gasteiger partial charge in [-0.2, -0.15) is 0 Å². The summed E-state index contributed by atoms with van der Waals surface area (Å²) in [5.74, 6) is 0.784. The van der Waals surface area contributed by atoms with Crippen molar-refractivity contribution in [3.63, 3.8) is 0 Å². The van der Waals surface area contributed by atoms with Gasteiger partial charge in [0.2, 0.25) is 0 Å². The lowest BCUT2D eigenvalue weighted by molar-refractivity contribution is 0.233. The molecule has 1 unspecified atom stereocenters. The first-order valence-corrected chi connectivity index (χ1v) is 4.97. The van der Waals surface area contributed by atoms with Gasteiger partial charge in [-0.15, -0.1) is 0 Å². The van der Waals surface area contributed by atoms with E-state index in [0.29, 0.717) is 18.1 Å². The Morgan fingerprint density at radius 2 is 2.43 bits per heavy atom. The fourth-order valence-electron chi connectivity index (χ4n) is 1.50. The Hall–Kier alpha value is -0.930. The van der Waals surface area contributed by atoms with E-state index >= 15 is 0 Å². The second-order valence-electron chi connectivity index (χ2n) is 3.31. The lowest BCUT2D eigenvalue weighted by Gasteiger charge is -2.27. The van der Waals surface area contributed by atoms with E-state index < -0.39 is 0 Å². The van der Waals surface area contributed by atoms with Crippen LogP contribution in [0.2, 0.25) is 5.02 Å². The number of rotatable bonds is 2. The normalized spacial score (nSPS) is 19.4. The molecule has 4 heteroatoms. The summed E-state index contributed by atoms with van der Waals surface area (Å²) in [4.78, 5) is 0. The van der Waals surface area contributed by atoms with Gasteiger partial charge in [0.1, 0.15) is 12.4 Å². The summed E-state index contributed by atoms with van der Waals surface area (Å²) in [6, 6.07) is 5.69. The highest BCUT2D eigenvalue weighted by Crippen LogP contribution is 2.31. The number of hydrogen-bond donors (Lipinski definition) is 2. The summed E-state index contributed by atoms with van der Waals surface area (Å²) in [6.45, 7) is 0.748. The molecule has 0 aromatic heterocycles. The van der Waals surface area contributed by atoms with Crippen LogP contribution in [0.5, 0.6) is 5.75 Å². The number of fused-ring (bicyclic) bond motifs is 1. The van der Waals surface area contributed by atoms with Gasteiger partial charge in [-0.05, 0) is 18.6 Å². The number of benzene rings is 1. The first kappa shape index (κ1) is 9.62. The van der Waals surface area contributed by atoms with E-state index in [-0.39, 0.29) is 12.6 Å². The first-order chi connectivity index (χ1) is 6.79. The summed E-state index contributed by atoms with van der Waals surface area (Å²) in [6.07, 6.45) is 0.696. The molecular weight excluding hydrogens is 202 g/mol. The van der Waals surface area contributed by atoms with Gasteiger partial charge in [-0.1, -0.05) is 11.6 Å². The minimum atomic E-state index is 0.171. The van der Waals surface area contributed by atoms with Crippen molar-refractivity contribution in [2.45, 2.75) is 12.5 Å². The summed E-state index contributed by atoms with van der Waals surface area (Å²) in [5.41, 5.74) is 0.944. The van der Waals surface area contributed by atoms with Crippen molar-refractivity contribution in [1.82, 2.24) is 0 Å². The third kappa shape index (κ3) is 1.94. The SMILES string of the molecule is OCCC1COc2cc(Cl)ccc2N1. The maximum atomic E-state index is 8.79. The van der Waals surface area contributed by atoms with Gasteiger partial charge in [0.25, 0.3) is 0 Å². The first-order valence-electron chi connectivity index (χ1n) is 4.59. The van der Waals surface area contributed by atoms with Gasteiger partial charge in [0.05, 0.1) is 11.7 Å². The Labute approximate surface area is 87.6 Å². The molecule has 1 heterocycles. The molecule has 2 N–H and O–H groups in total. The van der Waals surface area contributed by atoms with Gasteiger partial charge < -0.3 is 15.2 Å². The van der Waals surface area contributed by atoms with Crippen LogP contribution < -0.4 is 10.1 Å². The zero-order valence-electron chi connectivity index (χ0n) is 7.66. The Morgan fingerprint density at radius 1 is 1.57 bits per heavy atom. The molecule has 14 heavy (non-hydrogen) atoms. The van der Waals surface area contributed by atoms with Crippen LogP contribution in [0, 0.1) is 0 Å². The fraction of sp³-hybridized carbons (Fsp3) is 0.400. The van der Waals surface area contributed by atoms with Crippen molar-refractivity contribution in [1.29, 1.82) is 0 Å². The minimum Gasteiger partial charge on any atom is -0.489 e. The van der Waals surface area contributed by atoms with E-state index in [0.717, 1.165) is 11.4 Å². The number of anilines is 1. The molecule has 3 nitrogen and oxygen atoms in total. The molecule has 0 bridgehead atoms. The zero-order chi connectivity index (χ0) is 9.97. The number of nitrogens with one attached hydrogen (secondary N) is 1. The van der Waals surface area contributed by atoms with Gasteiger partial charge in [0, 0.05) is 17.7 Å². The number of aliphatic hydroxyl groups is 1. The molecular formula is C10H12ClNO2. The average Bonchev–Trinajstić information content (AvgIpc) is 2.19. The van der Waals surface area contributed by atoms with E-state index in [1.54, 1.807) is 6.07 Å². The van der Waals surface area contributed by atoms with Crippen LogP contribution in [0.3, 0.4) is 0 Å². The minimum absolute atomic E-state index is 0.171. The van der Waals surface area contributed by atoms with Crippen molar-refractivity contribution in [2.75, 3.05) is 18.5 Å². The fourth-order valence-corrected chi connectivity index (χ4v) is 1.66. The smallest absolute Gasteiger partial charge is 0.143 e. The molecule has 0 spiro atoms. The average molecular weight is 214 g/mol. The predicted molar refractivity (Wildman–Crippen MR) is 56.1 cm³/mol. The molecule has 0 aliphatic carbocycles. The molecule has 1 aliphatic rings. The summed E-state index contributed by atoms with van der Waals surface area (Å²) in [5, 5.41) is 12.7. The van der Waals surface area contributed by atoms with Crippen LogP contribution in [0.4, 0.5) is 5.69 Å². The highest BCUT2D eigenvalue weighted by Gasteiger charge is 2.17. The predicted octanol–water partition coefficient (Wildman–Crippen LogP) is 1.90. The number of halogens is 1. The number of aliphatic hydroxyl groups excluding tert-OH is 1. The molecule has 0 saturated heterocycles. The third-order valence-corrected chi connectivity index (χ3v) is 2.46. The van der Waals surface area contributed by atoms with Crippen molar-refractivity contribution in [3.05, 3.63) is 23.2 Å². The lowest BCUT2D eigenvalue weighted by atomic mass is 10.1. The molecule has 1 aromatic carbocycles. The van der Waals surface area contributed by atoms with E-state index in [4.69, 9.17) is 21.4 Å². The number of ether oxygens (including phenoxy) is 1. The van der Waals surface area contributed by atoms with Crippen LogP contribution in [0.25, 0.3) is 0 Å². The van der Waals surface area contributed by atoms with Gasteiger partial charge in [-0.3, -0.25) is 0 Å². The second-order valence-corrected chi connectivity index (χ2v) is 3.74. The largest absolute Gasteiger partial charge is 0.489 e. The molecule has 0 radical (unpaired) electrons. The Morgan fingerprint density at radius 3 is 3.21 bits per heavy atom.